The second-order valence-electron chi connectivity index (χ2n) is 29.8. The summed E-state index contributed by atoms with van der Waals surface area (Å²) in [5.41, 5.74) is 34.2. The molecule has 22 heteroatoms. The summed E-state index contributed by atoms with van der Waals surface area (Å²) >= 11 is 9.94. The van der Waals surface area contributed by atoms with E-state index in [4.69, 9.17) is 42.4 Å². The number of benzene rings is 7. The third-order valence-corrected chi connectivity index (χ3v) is 20.9. The van der Waals surface area contributed by atoms with Crippen LogP contribution in [0.2, 0.25) is 78.6 Å². The number of aliphatic hydroxyl groups excluding tert-OH is 1. The van der Waals surface area contributed by atoms with Crippen molar-refractivity contribution in [1.82, 2.24) is 4.90 Å². The largest absolute Gasteiger partial charge is 1.00 e. The number of aryl methyl sites for hydroxylation is 8. The number of terminal acetylenes is 1. The summed E-state index contributed by atoms with van der Waals surface area (Å²) in [7, 11) is -5.18. The number of anilines is 1. The van der Waals surface area contributed by atoms with Gasteiger partial charge in [-0.2, -0.15) is 6.42 Å². The van der Waals surface area contributed by atoms with E-state index >= 15 is 0 Å². The van der Waals surface area contributed by atoms with E-state index < -0.39 is 44.4 Å². The number of nitrogens with two attached hydrogens (primary N) is 1. The van der Waals surface area contributed by atoms with Crippen molar-refractivity contribution in [3.05, 3.63) is 218 Å². The third-order valence-electron chi connectivity index (χ3n) is 15.0. The fourth-order valence-corrected chi connectivity index (χ4v) is 11.7. The predicted octanol–water partition coefficient (Wildman–Crippen LogP) is 17.6. The summed E-state index contributed by atoms with van der Waals surface area (Å²) in [5.74, 6) is 7.98. The molecule has 1 aliphatic heterocycles. The zero-order valence-corrected chi connectivity index (χ0v) is 76.9. The molecule has 0 spiro atoms. The number of carboxylic acid groups (broad SMARTS) is 1. The Morgan fingerprint density at radius 2 is 0.954 bits per heavy atom. The average Bonchev–Trinajstić information content (AvgIpc) is 0.844. The Labute approximate surface area is 692 Å². The van der Waals surface area contributed by atoms with Crippen LogP contribution in [0.5, 0.6) is 23.0 Å². The molecule has 0 amide bonds. The molecule has 0 aromatic heterocycles. The Kier molecular flexibility index (Phi) is 49.5. The molecule has 582 valence electrons. The maximum absolute atomic E-state index is 11.1. The number of nitrogens with zero attached hydrogens (tertiary/aromatic N) is 1. The SMILES string of the molecule is C#C[Si](C)(C)C.Cc1cc(C)c(C(=O)O)cc1CC#C[Si](C)(C)C.Cc1cc(C)c(C(O)C#C[Si](C)(C)C)cc1C=O.Cc1cc(C)c(C=O)cc1Br.Cc1cc(C)c(CC#C[Si](C)(C)C)cc1Br.Nc1ccc(CN2CCOCC2)cc1.O=Cc1cc(Br)c(O)cc1O.O=Cc1ccc(O)cc1O.[CH2-]CCC.[Li+]. The van der Waals surface area contributed by atoms with Crippen molar-refractivity contribution in [2.45, 2.75) is 179 Å². The van der Waals surface area contributed by atoms with Gasteiger partial charge >= 0.3 is 24.8 Å². The molecule has 1 unspecified atom stereocenters. The number of nitrogen functional groups attached to an aromatic ring is 1. The van der Waals surface area contributed by atoms with E-state index in [2.05, 4.69) is 223 Å². The van der Waals surface area contributed by atoms with Gasteiger partial charge in [-0.3, -0.25) is 24.1 Å². The number of aliphatic hydroxyl groups is 1. The molecule has 0 saturated carbocycles. The van der Waals surface area contributed by atoms with Gasteiger partial charge < -0.3 is 48.0 Å². The summed E-state index contributed by atoms with van der Waals surface area (Å²) in [6.45, 7) is 52.6. The number of carbonyl (C=O) groups is 5. The van der Waals surface area contributed by atoms with Crippen LogP contribution in [0.25, 0.3) is 0 Å². The van der Waals surface area contributed by atoms with E-state index in [0.717, 1.165) is 131 Å². The van der Waals surface area contributed by atoms with Gasteiger partial charge in [0.05, 0.1) is 34.4 Å². The average molecular weight is 1740 g/mol. The van der Waals surface area contributed by atoms with E-state index in [1.807, 2.05) is 77.9 Å². The summed E-state index contributed by atoms with van der Waals surface area (Å²) in [6.07, 6.45) is 10.8. The predicted molar refractivity (Wildman–Crippen MR) is 470 cm³/mol. The molecular formula is C87H114Br3LiN2O12Si4. The number of morpholine rings is 1. The molecule has 1 fully saturated rings. The van der Waals surface area contributed by atoms with E-state index in [0.29, 0.717) is 34.6 Å². The molecule has 1 atom stereocenters. The molecule has 1 heterocycles. The van der Waals surface area contributed by atoms with Gasteiger partial charge in [0.1, 0.15) is 74.0 Å². The molecule has 14 nitrogen and oxygen atoms in total. The van der Waals surface area contributed by atoms with E-state index in [-0.39, 0.29) is 53.0 Å². The number of phenolic OH excluding ortho intramolecular Hbond substituents is 4. The maximum Gasteiger partial charge on any atom is 1.00 e. The quantitative estimate of drug-likeness (QED) is 0.0209. The first-order valence-electron chi connectivity index (χ1n) is 35.2. The number of unbranched alkanes of at least 4 members (excludes halogenated alkanes) is 1. The van der Waals surface area contributed by atoms with Gasteiger partial charge in [0.2, 0.25) is 0 Å². The van der Waals surface area contributed by atoms with Crippen LogP contribution in [0.15, 0.2) is 117 Å². The minimum absolute atomic E-state index is 0. The van der Waals surface area contributed by atoms with Gasteiger partial charge in [-0.25, -0.2) is 4.79 Å². The van der Waals surface area contributed by atoms with Gasteiger partial charge in [0.25, 0.3) is 0 Å². The molecule has 0 radical (unpaired) electrons. The zero-order valence-electron chi connectivity index (χ0n) is 68.1. The van der Waals surface area contributed by atoms with Crippen LogP contribution >= 0.6 is 47.8 Å². The minimum atomic E-state index is -1.49. The first-order valence-corrected chi connectivity index (χ1v) is 51.6. The van der Waals surface area contributed by atoms with Crippen LogP contribution in [0.4, 0.5) is 5.69 Å². The summed E-state index contributed by atoms with van der Waals surface area (Å²) in [6, 6.07) is 29.9. The number of carboxylic acids is 1. The standard InChI is InChI=1S/2C15H20O2Si.C14H19BrSi.C11H16N2O.C9H9BrO.C7H5BrO3.C7H6O3.C5H10Si.C4H9.Li/c1-11-8-12(2)14(9-13(11)10-16)15(17)6-7-18(3,4)5;1-11-9-12(2)14(15(16)17)10-13(11)7-6-8-18(3,4)5;1-11-9-12(2)14(15)10-13(11)7-6-8-16(3,4)5;12-11-3-1-10(2-4-11)9-13-5-7-14-8-6-13;1-6-3-7(2)9(10)4-8(6)5-11;8-5-1-4(3-9)6(10)2-7(5)11;8-4-5-1-2-6(9)3-7(5)10;1-5-6(2,3)4;1-3-4-2;/h8-10,15,17H,1-5H3;9-10H,7H2,1-5H3,(H,16,17);9-10H,7H2,1-5H3;1-4H,5-9,12H2;3-5H,1-2H3;1-3,10-11H;1-4,9-10H;1H,2-4H3;1,3-4H2,2H3;/q;;;;;;;;-1;+1. The van der Waals surface area contributed by atoms with Crippen molar-refractivity contribution in [1.29, 1.82) is 0 Å². The molecular weight excluding hydrogens is 1620 g/mol. The first kappa shape index (κ1) is 104. The number of carbonyl (C=O) groups excluding carboxylic acids is 4. The number of aromatic hydroxyl groups is 4. The Hall–Kier alpha value is -7.29. The molecule has 7 aromatic carbocycles. The van der Waals surface area contributed by atoms with Crippen LogP contribution in [0, 0.1) is 109 Å². The number of phenols is 4. The number of halogens is 3. The van der Waals surface area contributed by atoms with Gasteiger partial charge in [-0.15, -0.1) is 40.4 Å². The third kappa shape index (κ3) is 45.0. The maximum atomic E-state index is 11.1. The second-order valence-corrected chi connectivity index (χ2v) is 51.4. The van der Waals surface area contributed by atoms with Crippen LogP contribution < -0.4 is 24.6 Å². The number of hydrogen-bond acceptors (Lipinski definition) is 13. The molecule has 1 saturated heterocycles. The smallest absolute Gasteiger partial charge is 0.508 e. The monoisotopic (exact) mass is 1730 g/mol. The van der Waals surface area contributed by atoms with Crippen molar-refractivity contribution >= 4 is 117 Å². The van der Waals surface area contributed by atoms with Gasteiger partial charge in [0, 0.05) is 70.4 Å². The summed E-state index contributed by atoms with van der Waals surface area (Å²) in [5, 5.41) is 54.9. The Morgan fingerprint density at radius 1 is 0.541 bits per heavy atom. The minimum Gasteiger partial charge on any atom is -0.508 e. The van der Waals surface area contributed by atoms with Gasteiger partial charge in [0.15, 0.2) is 12.6 Å². The fraction of sp³-hybridized carbons (Fsp3) is 0.356. The molecule has 0 aliphatic carbocycles. The number of aldehydes is 4. The van der Waals surface area contributed by atoms with Crippen molar-refractivity contribution in [3.63, 3.8) is 0 Å². The Morgan fingerprint density at radius 3 is 1.39 bits per heavy atom. The molecule has 8 rings (SSSR count). The van der Waals surface area contributed by atoms with E-state index in [1.165, 1.54) is 51.3 Å². The van der Waals surface area contributed by atoms with Crippen molar-refractivity contribution in [3.8, 4) is 69.4 Å². The van der Waals surface area contributed by atoms with Crippen molar-refractivity contribution in [2.75, 3.05) is 32.0 Å². The van der Waals surface area contributed by atoms with Crippen molar-refractivity contribution in [2.24, 2.45) is 0 Å². The molecule has 7 aromatic rings. The molecule has 1 aliphatic rings. The van der Waals surface area contributed by atoms with Gasteiger partial charge in [-0.1, -0.05) is 166 Å². The first-order chi connectivity index (χ1) is 50.1. The molecule has 109 heavy (non-hydrogen) atoms. The topological polar surface area (TPSA) is 245 Å². The normalized spacial score (nSPS) is 11.4. The number of rotatable bonds is 11. The molecule has 0 bridgehead atoms. The number of ether oxygens (including phenoxy) is 1. The van der Waals surface area contributed by atoms with Crippen LogP contribution in [0.1, 0.15) is 144 Å². The second kappa shape index (κ2) is 52.0. The fourth-order valence-electron chi connectivity index (χ4n) is 8.76. The zero-order chi connectivity index (χ0) is 83.0. The van der Waals surface area contributed by atoms with E-state index in [9.17, 15) is 29.1 Å². The van der Waals surface area contributed by atoms with Gasteiger partial charge in [-0.05, 0) is 193 Å². The van der Waals surface area contributed by atoms with Crippen LogP contribution in [-0.4, -0.2) is 125 Å². The Balaban J connectivity index is 0. The molecule has 8 N–H and O–H groups in total. The number of hydrogen-bond donors (Lipinski definition) is 7. The number of aromatic carboxylic acids is 1. The Bertz CT molecular complexity index is 4280. The summed E-state index contributed by atoms with van der Waals surface area (Å²) < 4.78 is 7.86. The summed E-state index contributed by atoms with van der Waals surface area (Å²) in [4.78, 5) is 55.2. The van der Waals surface area contributed by atoms with Crippen LogP contribution in [0.3, 0.4) is 0 Å². The van der Waals surface area contributed by atoms with Crippen molar-refractivity contribution < 1.29 is 78.2 Å². The van der Waals surface area contributed by atoms with E-state index in [1.54, 1.807) is 12.1 Å². The van der Waals surface area contributed by atoms with Crippen LogP contribution in [-0.2, 0) is 24.1 Å².